The third-order valence-electron chi connectivity index (χ3n) is 2.26. The first kappa shape index (κ1) is 14.1. The van der Waals surface area contributed by atoms with Crippen molar-refractivity contribution in [2.24, 2.45) is 5.84 Å². The van der Waals surface area contributed by atoms with Crippen LogP contribution in [0.1, 0.15) is 21.5 Å². The van der Waals surface area contributed by atoms with Crippen LogP contribution in [0.3, 0.4) is 0 Å². The van der Waals surface area contributed by atoms with E-state index in [4.69, 9.17) is 10.6 Å². The van der Waals surface area contributed by atoms with Crippen molar-refractivity contribution in [3.8, 4) is 0 Å². The summed E-state index contributed by atoms with van der Waals surface area (Å²) in [6.07, 6.45) is 0. The molecule has 3 N–H and O–H groups in total. The highest BCUT2D eigenvalue weighted by Crippen LogP contribution is 2.17. The van der Waals surface area contributed by atoms with Crippen LogP contribution in [-0.2, 0) is 11.3 Å². The minimum atomic E-state index is -0.238. The number of amides is 1. The van der Waals surface area contributed by atoms with E-state index in [1.165, 1.54) is 11.3 Å². The molecule has 0 aliphatic heterocycles. The molecule has 0 radical (unpaired) electrons. The average Bonchev–Trinajstić information content (AvgIpc) is 2.77. The first-order valence-electron chi connectivity index (χ1n) is 5.53. The number of hydrogen-bond donors (Lipinski definition) is 2. The number of hydrogen-bond acceptors (Lipinski definition) is 5. The molecule has 0 saturated carbocycles. The number of ether oxygens (including phenoxy) is 1. The third kappa shape index (κ3) is 4.82. The highest BCUT2D eigenvalue weighted by molar-refractivity contribution is 7.14. The summed E-state index contributed by atoms with van der Waals surface area (Å²) in [5.41, 5.74) is 2.13. The molecule has 0 aromatic carbocycles. The van der Waals surface area contributed by atoms with E-state index in [1.807, 2.05) is 20.0 Å². The predicted molar refractivity (Wildman–Crippen MR) is 68.8 cm³/mol. The van der Waals surface area contributed by atoms with E-state index in [0.29, 0.717) is 4.88 Å². The molecule has 96 valence electrons. The van der Waals surface area contributed by atoms with Crippen LogP contribution in [0, 0.1) is 0 Å². The smallest absolute Gasteiger partial charge is 0.275 e. The second-order valence-corrected chi connectivity index (χ2v) is 4.84. The molecule has 0 aliphatic rings. The van der Waals surface area contributed by atoms with Gasteiger partial charge < -0.3 is 4.74 Å². The molecule has 17 heavy (non-hydrogen) atoms. The Morgan fingerprint density at radius 2 is 2.35 bits per heavy atom. The van der Waals surface area contributed by atoms with Gasteiger partial charge in [0.1, 0.15) is 0 Å². The molecule has 1 rings (SSSR count). The zero-order valence-corrected chi connectivity index (χ0v) is 11.0. The standard InChI is InChI=1S/C11H19N3O2S/c1-3-16-7-6-14(2)8-9-4-5-10(17-9)11(15)13-12/h4-5H,3,6-8,12H2,1-2H3,(H,13,15). The van der Waals surface area contributed by atoms with E-state index in [9.17, 15) is 4.79 Å². The number of nitrogen functional groups attached to an aromatic ring is 1. The number of nitrogens with two attached hydrogens (primary N) is 1. The van der Waals surface area contributed by atoms with Crippen molar-refractivity contribution in [1.29, 1.82) is 0 Å². The lowest BCUT2D eigenvalue weighted by Crippen LogP contribution is -2.29. The normalized spacial score (nSPS) is 10.8. The number of thiophene rings is 1. The van der Waals surface area contributed by atoms with Crippen LogP contribution in [0.25, 0.3) is 0 Å². The Labute approximate surface area is 106 Å². The largest absolute Gasteiger partial charge is 0.380 e. The predicted octanol–water partition coefficient (Wildman–Crippen LogP) is 0.820. The first-order chi connectivity index (χ1) is 8.17. The van der Waals surface area contributed by atoms with Gasteiger partial charge in [-0.3, -0.25) is 15.1 Å². The van der Waals surface area contributed by atoms with Gasteiger partial charge in [-0.25, -0.2) is 5.84 Å². The Morgan fingerprint density at radius 3 is 3.00 bits per heavy atom. The van der Waals surface area contributed by atoms with Crippen molar-refractivity contribution in [3.63, 3.8) is 0 Å². The van der Waals surface area contributed by atoms with Crippen LogP contribution in [0.15, 0.2) is 12.1 Å². The van der Waals surface area contributed by atoms with Gasteiger partial charge in [0.05, 0.1) is 11.5 Å². The van der Waals surface area contributed by atoms with Gasteiger partial charge in [0.15, 0.2) is 0 Å². The second kappa shape index (κ2) is 7.39. The number of likely N-dealkylation sites (N-methyl/N-ethyl adjacent to an activating group) is 1. The highest BCUT2D eigenvalue weighted by Gasteiger charge is 2.08. The average molecular weight is 257 g/mol. The van der Waals surface area contributed by atoms with Crippen LogP contribution in [0.2, 0.25) is 0 Å². The van der Waals surface area contributed by atoms with Crippen molar-refractivity contribution in [1.82, 2.24) is 10.3 Å². The molecule has 1 amide bonds. The quantitative estimate of drug-likeness (QED) is 0.328. The molecule has 0 atom stereocenters. The summed E-state index contributed by atoms with van der Waals surface area (Å²) in [6.45, 7) is 5.15. The Kier molecular flexibility index (Phi) is 6.13. The Bertz CT molecular complexity index is 354. The first-order valence-corrected chi connectivity index (χ1v) is 6.35. The van der Waals surface area contributed by atoms with Gasteiger partial charge >= 0.3 is 0 Å². The van der Waals surface area contributed by atoms with E-state index in [0.717, 1.165) is 31.2 Å². The van der Waals surface area contributed by atoms with Crippen LogP contribution in [-0.4, -0.2) is 37.6 Å². The topological polar surface area (TPSA) is 67.6 Å². The SMILES string of the molecule is CCOCCN(C)Cc1ccc(C(=O)NN)s1. The third-order valence-corrected chi connectivity index (χ3v) is 3.33. The number of nitrogens with zero attached hydrogens (tertiary/aromatic N) is 1. The number of carbonyl (C=O) groups excluding carboxylic acids is 1. The van der Waals surface area contributed by atoms with Crippen molar-refractivity contribution >= 4 is 17.2 Å². The fraction of sp³-hybridized carbons (Fsp3) is 0.545. The van der Waals surface area contributed by atoms with E-state index in [-0.39, 0.29) is 5.91 Å². The van der Waals surface area contributed by atoms with Crippen molar-refractivity contribution < 1.29 is 9.53 Å². The molecule has 0 saturated heterocycles. The van der Waals surface area contributed by atoms with Crippen LogP contribution >= 0.6 is 11.3 Å². The van der Waals surface area contributed by atoms with E-state index in [2.05, 4.69) is 10.3 Å². The molecule has 0 unspecified atom stereocenters. The van der Waals surface area contributed by atoms with Crippen LogP contribution < -0.4 is 11.3 Å². The maximum absolute atomic E-state index is 11.3. The van der Waals surface area contributed by atoms with E-state index >= 15 is 0 Å². The summed E-state index contributed by atoms with van der Waals surface area (Å²) in [4.78, 5) is 15.2. The lowest BCUT2D eigenvalue weighted by atomic mass is 10.4. The molecule has 1 heterocycles. The van der Waals surface area contributed by atoms with Gasteiger partial charge in [-0.15, -0.1) is 11.3 Å². The van der Waals surface area contributed by atoms with Gasteiger partial charge in [-0.1, -0.05) is 0 Å². The lowest BCUT2D eigenvalue weighted by Gasteiger charge is -2.14. The molecule has 0 bridgehead atoms. The van der Waals surface area contributed by atoms with E-state index in [1.54, 1.807) is 6.07 Å². The fourth-order valence-electron chi connectivity index (χ4n) is 1.37. The summed E-state index contributed by atoms with van der Waals surface area (Å²) in [5, 5.41) is 0. The molecular weight excluding hydrogens is 238 g/mol. The van der Waals surface area contributed by atoms with Gasteiger partial charge in [0, 0.05) is 24.6 Å². The van der Waals surface area contributed by atoms with Gasteiger partial charge in [-0.2, -0.15) is 0 Å². The Balaban J connectivity index is 2.40. The molecule has 0 aliphatic carbocycles. The maximum atomic E-state index is 11.3. The van der Waals surface area contributed by atoms with Crippen LogP contribution in [0.4, 0.5) is 0 Å². The minimum Gasteiger partial charge on any atom is -0.380 e. The number of nitrogens with one attached hydrogen (secondary N) is 1. The van der Waals surface area contributed by atoms with Gasteiger partial charge in [0.25, 0.3) is 5.91 Å². The molecule has 1 aromatic heterocycles. The number of hydrazine groups is 1. The Morgan fingerprint density at radius 1 is 1.59 bits per heavy atom. The summed E-state index contributed by atoms with van der Waals surface area (Å²) in [6, 6.07) is 3.74. The summed E-state index contributed by atoms with van der Waals surface area (Å²) in [5.74, 6) is 4.84. The van der Waals surface area contributed by atoms with Crippen molar-refractivity contribution in [2.75, 3.05) is 26.8 Å². The number of rotatable bonds is 7. The summed E-state index contributed by atoms with van der Waals surface area (Å²) < 4.78 is 5.28. The summed E-state index contributed by atoms with van der Waals surface area (Å²) in [7, 11) is 2.03. The minimum absolute atomic E-state index is 0.238. The number of carbonyl (C=O) groups is 1. The molecular formula is C11H19N3O2S. The summed E-state index contributed by atoms with van der Waals surface area (Å²) >= 11 is 1.46. The molecule has 6 heteroatoms. The van der Waals surface area contributed by atoms with Crippen molar-refractivity contribution in [3.05, 3.63) is 21.9 Å². The Hall–Kier alpha value is -0.950. The molecule has 1 aromatic rings. The van der Waals surface area contributed by atoms with Crippen molar-refractivity contribution in [2.45, 2.75) is 13.5 Å². The van der Waals surface area contributed by atoms with Gasteiger partial charge in [-0.05, 0) is 26.1 Å². The van der Waals surface area contributed by atoms with Gasteiger partial charge in [0.2, 0.25) is 0 Å². The van der Waals surface area contributed by atoms with Crippen LogP contribution in [0.5, 0.6) is 0 Å². The van der Waals surface area contributed by atoms with E-state index < -0.39 is 0 Å². The second-order valence-electron chi connectivity index (χ2n) is 3.67. The molecule has 0 fully saturated rings. The monoisotopic (exact) mass is 257 g/mol. The fourth-order valence-corrected chi connectivity index (χ4v) is 2.36. The maximum Gasteiger partial charge on any atom is 0.275 e. The zero-order chi connectivity index (χ0) is 12.7. The highest BCUT2D eigenvalue weighted by atomic mass is 32.1. The molecule has 0 spiro atoms. The molecule has 5 nitrogen and oxygen atoms in total. The lowest BCUT2D eigenvalue weighted by molar-refractivity contribution is 0.0957. The zero-order valence-electron chi connectivity index (χ0n) is 10.2.